The van der Waals surface area contributed by atoms with Crippen LogP contribution in [0.25, 0.3) is 0 Å². The van der Waals surface area contributed by atoms with Gasteiger partial charge < -0.3 is 4.84 Å². The van der Waals surface area contributed by atoms with Crippen molar-refractivity contribution in [3.63, 3.8) is 0 Å². The fourth-order valence-corrected chi connectivity index (χ4v) is 2.68. The van der Waals surface area contributed by atoms with Crippen LogP contribution in [0.2, 0.25) is 0 Å². The third kappa shape index (κ3) is 3.53. The van der Waals surface area contributed by atoms with Crippen molar-refractivity contribution in [3.05, 3.63) is 0 Å². The molecule has 0 amide bonds. The van der Waals surface area contributed by atoms with Crippen molar-refractivity contribution < 1.29 is 14.5 Å². The fourth-order valence-electron chi connectivity index (χ4n) is 2.68. The molecule has 0 saturated carbocycles. The molecule has 1 aliphatic heterocycles. The molecule has 0 spiro atoms. The average molecular weight is 256 g/mol. The van der Waals surface area contributed by atoms with Crippen molar-refractivity contribution in [1.82, 2.24) is 5.06 Å². The number of hydrogen-bond acceptors (Lipinski definition) is 5. The quantitative estimate of drug-likeness (QED) is 0.571. The normalized spacial score (nSPS) is 24.1. The third-order valence-electron chi connectivity index (χ3n) is 3.01. The Morgan fingerprint density at radius 3 is 2.22 bits per heavy atom. The molecule has 1 heterocycles. The minimum absolute atomic E-state index is 0.284. The van der Waals surface area contributed by atoms with Crippen molar-refractivity contribution in [3.8, 4) is 0 Å². The van der Waals surface area contributed by atoms with E-state index in [2.05, 4.69) is 5.16 Å². The SMILES string of the molecule is CO/N=C(/C)CON1C(C)(C)CC(=O)CC1(C)C. The molecule has 1 saturated heterocycles. The zero-order chi connectivity index (χ0) is 14.0. The molecule has 104 valence electrons. The first-order valence-corrected chi connectivity index (χ1v) is 6.20. The predicted molar refractivity (Wildman–Crippen MR) is 70.3 cm³/mol. The Kier molecular flexibility index (Phi) is 4.50. The number of carbonyl (C=O) groups excluding carboxylic acids is 1. The number of nitrogens with zero attached hydrogens (tertiary/aromatic N) is 2. The van der Waals surface area contributed by atoms with E-state index in [9.17, 15) is 4.79 Å². The van der Waals surface area contributed by atoms with E-state index in [0.717, 1.165) is 5.71 Å². The van der Waals surface area contributed by atoms with Gasteiger partial charge in [-0.1, -0.05) is 5.16 Å². The molecule has 0 aromatic rings. The van der Waals surface area contributed by atoms with Gasteiger partial charge in [-0.25, -0.2) is 0 Å². The van der Waals surface area contributed by atoms with Crippen molar-refractivity contribution in [2.45, 2.75) is 58.5 Å². The fraction of sp³-hybridized carbons (Fsp3) is 0.846. The van der Waals surface area contributed by atoms with Gasteiger partial charge >= 0.3 is 0 Å². The highest BCUT2D eigenvalue weighted by Crippen LogP contribution is 2.36. The minimum atomic E-state index is -0.299. The standard InChI is InChI=1S/C13H24N2O3/c1-10(14-17-6)9-18-15-12(2,3)7-11(16)8-13(15,4)5/h7-9H2,1-6H3/b14-10-. The van der Waals surface area contributed by atoms with Gasteiger partial charge in [-0.05, 0) is 34.6 Å². The predicted octanol–water partition coefficient (Wildman–Crippen LogP) is 2.16. The van der Waals surface area contributed by atoms with Crippen molar-refractivity contribution >= 4 is 11.5 Å². The largest absolute Gasteiger partial charge is 0.399 e. The van der Waals surface area contributed by atoms with Crippen LogP contribution in [0, 0.1) is 0 Å². The summed E-state index contributed by atoms with van der Waals surface area (Å²) in [5, 5.41) is 5.74. The molecule has 0 atom stereocenters. The summed E-state index contributed by atoms with van der Waals surface area (Å²) in [7, 11) is 1.51. The summed E-state index contributed by atoms with van der Waals surface area (Å²) in [4.78, 5) is 22.3. The van der Waals surface area contributed by atoms with Crippen LogP contribution in [0.3, 0.4) is 0 Å². The summed E-state index contributed by atoms with van der Waals surface area (Å²) in [5.41, 5.74) is 0.166. The molecule has 18 heavy (non-hydrogen) atoms. The average Bonchev–Trinajstić information content (AvgIpc) is 2.12. The van der Waals surface area contributed by atoms with E-state index in [1.165, 1.54) is 7.11 Å². The first kappa shape index (κ1) is 15.1. The van der Waals surface area contributed by atoms with Crippen LogP contribution in [0.4, 0.5) is 0 Å². The lowest BCUT2D eigenvalue weighted by Crippen LogP contribution is -2.60. The van der Waals surface area contributed by atoms with Crippen LogP contribution in [-0.4, -0.2) is 41.4 Å². The van der Waals surface area contributed by atoms with Crippen LogP contribution in [-0.2, 0) is 14.5 Å². The van der Waals surface area contributed by atoms with Gasteiger partial charge in [0, 0.05) is 23.9 Å². The van der Waals surface area contributed by atoms with Gasteiger partial charge in [-0.3, -0.25) is 9.63 Å². The Labute approximate surface area is 109 Å². The maximum absolute atomic E-state index is 11.8. The third-order valence-corrected chi connectivity index (χ3v) is 3.01. The second kappa shape index (κ2) is 5.36. The lowest BCUT2D eigenvalue weighted by Gasteiger charge is -2.50. The Balaban J connectivity index is 2.77. The smallest absolute Gasteiger partial charge is 0.136 e. The van der Waals surface area contributed by atoms with Crippen LogP contribution < -0.4 is 0 Å². The Bertz CT molecular complexity index is 328. The van der Waals surface area contributed by atoms with Gasteiger partial charge in [0.2, 0.25) is 0 Å². The van der Waals surface area contributed by atoms with Crippen LogP contribution in [0.15, 0.2) is 5.16 Å². The van der Waals surface area contributed by atoms with Crippen molar-refractivity contribution in [1.29, 1.82) is 0 Å². The molecule has 5 heteroatoms. The highest BCUT2D eigenvalue weighted by molar-refractivity contribution is 5.83. The summed E-state index contributed by atoms with van der Waals surface area (Å²) in [6.45, 7) is 10.3. The summed E-state index contributed by atoms with van der Waals surface area (Å²) in [6, 6.07) is 0. The van der Waals surface area contributed by atoms with Gasteiger partial charge in [-0.15, -0.1) is 0 Å². The van der Waals surface area contributed by atoms with Crippen LogP contribution in [0.1, 0.15) is 47.5 Å². The maximum Gasteiger partial charge on any atom is 0.136 e. The van der Waals surface area contributed by atoms with E-state index in [-0.39, 0.29) is 16.9 Å². The van der Waals surface area contributed by atoms with Gasteiger partial charge in [-0.2, -0.15) is 5.06 Å². The number of Topliss-reactive ketones (excluding diaryl/α,β-unsaturated/α-hetero) is 1. The van der Waals surface area contributed by atoms with Crippen LogP contribution in [0.5, 0.6) is 0 Å². The molecule has 0 unspecified atom stereocenters. The van der Waals surface area contributed by atoms with Gasteiger partial charge in [0.15, 0.2) is 0 Å². The Hall–Kier alpha value is -0.940. The first-order valence-electron chi connectivity index (χ1n) is 6.20. The second-order valence-corrected chi connectivity index (χ2v) is 6.09. The number of hydrogen-bond donors (Lipinski definition) is 0. The monoisotopic (exact) mass is 256 g/mol. The molecule has 0 radical (unpaired) electrons. The van der Waals surface area contributed by atoms with Crippen molar-refractivity contribution in [2.75, 3.05) is 13.7 Å². The molecular formula is C13H24N2O3. The molecule has 0 N–H and O–H groups in total. The zero-order valence-corrected chi connectivity index (χ0v) is 12.2. The Morgan fingerprint density at radius 2 is 1.78 bits per heavy atom. The first-order chi connectivity index (χ1) is 8.19. The van der Waals surface area contributed by atoms with E-state index in [1.807, 2.05) is 39.7 Å². The van der Waals surface area contributed by atoms with Crippen LogP contribution >= 0.6 is 0 Å². The highest BCUT2D eigenvalue weighted by atomic mass is 16.7. The van der Waals surface area contributed by atoms with E-state index in [1.54, 1.807) is 0 Å². The summed E-state index contributed by atoms with van der Waals surface area (Å²) in [5.74, 6) is 0.284. The number of rotatable bonds is 4. The molecule has 0 aromatic heterocycles. The number of ketones is 1. The van der Waals surface area contributed by atoms with E-state index >= 15 is 0 Å². The van der Waals surface area contributed by atoms with Gasteiger partial charge in [0.1, 0.15) is 19.5 Å². The van der Waals surface area contributed by atoms with Gasteiger partial charge in [0.25, 0.3) is 0 Å². The molecule has 1 rings (SSSR count). The molecular weight excluding hydrogens is 232 g/mol. The highest BCUT2D eigenvalue weighted by Gasteiger charge is 2.46. The summed E-state index contributed by atoms with van der Waals surface area (Å²) >= 11 is 0. The molecule has 0 aliphatic carbocycles. The molecule has 0 bridgehead atoms. The number of oxime groups is 1. The molecule has 0 aromatic carbocycles. The Morgan fingerprint density at radius 1 is 1.28 bits per heavy atom. The van der Waals surface area contributed by atoms with Crippen molar-refractivity contribution in [2.24, 2.45) is 5.16 Å². The summed E-state index contributed by atoms with van der Waals surface area (Å²) in [6.07, 6.45) is 1.02. The zero-order valence-electron chi connectivity index (χ0n) is 12.2. The number of hydroxylamine groups is 2. The topological polar surface area (TPSA) is 51.1 Å². The van der Waals surface area contributed by atoms with E-state index in [0.29, 0.717) is 19.4 Å². The molecule has 1 fully saturated rings. The van der Waals surface area contributed by atoms with E-state index in [4.69, 9.17) is 9.68 Å². The number of carbonyl (C=O) groups is 1. The molecule has 1 aliphatic rings. The molecule has 5 nitrogen and oxygen atoms in total. The lowest BCUT2D eigenvalue weighted by molar-refractivity contribution is -0.265. The summed E-state index contributed by atoms with van der Waals surface area (Å²) < 4.78 is 0. The van der Waals surface area contributed by atoms with Gasteiger partial charge in [0.05, 0.1) is 5.71 Å². The minimum Gasteiger partial charge on any atom is -0.399 e. The second-order valence-electron chi connectivity index (χ2n) is 6.09. The van der Waals surface area contributed by atoms with E-state index < -0.39 is 0 Å². The maximum atomic E-state index is 11.8. The lowest BCUT2D eigenvalue weighted by atomic mass is 9.81. The number of piperidine rings is 1.